The predicted octanol–water partition coefficient (Wildman–Crippen LogP) is 2.59. The number of unbranched alkanes of at least 4 members (excludes halogenated alkanes) is 1. The van der Waals surface area contributed by atoms with Crippen molar-refractivity contribution in [3.63, 3.8) is 0 Å². The molecule has 1 atom stereocenters. The van der Waals surface area contributed by atoms with Crippen molar-refractivity contribution in [2.24, 2.45) is 0 Å². The third-order valence-electron chi connectivity index (χ3n) is 5.50. The van der Waals surface area contributed by atoms with E-state index in [1.807, 2.05) is 6.92 Å². The monoisotopic (exact) mass is 482 g/mol. The summed E-state index contributed by atoms with van der Waals surface area (Å²) in [4.78, 5) is 43.5. The van der Waals surface area contributed by atoms with E-state index in [-0.39, 0.29) is 23.5 Å². The minimum Gasteiger partial charge on any atom is -0.457 e. The molecule has 9 nitrogen and oxygen atoms in total. The molecule has 0 saturated heterocycles. The van der Waals surface area contributed by atoms with E-state index in [0.717, 1.165) is 18.6 Å². The van der Waals surface area contributed by atoms with E-state index in [0.29, 0.717) is 13.0 Å². The lowest BCUT2D eigenvalue weighted by Crippen LogP contribution is -2.44. The fraction of sp³-hybridized carbons (Fsp3) is 0.455. The molecule has 0 aliphatic rings. The molecule has 0 saturated carbocycles. The molecule has 0 fully saturated rings. The number of aromatic amines is 1. The molecule has 2 heterocycles. The number of nitrogens with zero attached hydrogens (tertiary/aromatic N) is 3. The van der Waals surface area contributed by atoms with Crippen LogP contribution in [-0.2, 0) is 34.8 Å². The van der Waals surface area contributed by atoms with Crippen LogP contribution in [0.15, 0.2) is 39.9 Å². The van der Waals surface area contributed by atoms with Gasteiger partial charge in [0.15, 0.2) is 16.8 Å². The summed E-state index contributed by atoms with van der Waals surface area (Å²) >= 11 is 0. The van der Waals surface area contributed by atoms with Crippen LogP contribution in [0.4, 0.5) is 13.2 Å². The zero-order valence-electron chi connectivity index (χ0n) is 18.7. The lowest BCUT2D eigenvalue weighted by atomic mass is 9.90. The number of carbonyl (C=O) groups is 1. The molecule has 12 heteroatoms. The number of rotatable bonds is 9. The first kappa shape index (κ1) is 25.2. The number of esters is 1. The Hall–Kier alpha value is -3.41. The number of hydrogen-bond acceptors (Lipinski definition) is 6. The molecule has 3 aromatic rings. The van der Waals surface area contributed by atoms with Crippen LogP contribution in [0.1, 0.15) is 44.5 Å². The largest absolute Gasteiger partial charge is 0.457 e. The van der Waals surface area contributed by atoms with Crippen molar-refractivity contribution < 1.29 is 27.8 Å². The second kappa shape index (κ2) is 9.84. The zero-order chi connectivity index (χ0) is 25.1. The van der Waals surface area contributed by atoms with Gasteiger partial charge in [0, 0.05) is 13.1 Å². The topological polar surface area (TPSA) is 119 Å². The Morgan fingerprint density at radius 2 is 1.82 bits per heavy atom. The Morgan fingerprint density at radius 1 is 1.15 bits per heavy atom. The van der Waals surface area contributed by atoms with Gasteiger partial charge in [-0.2, -0.15) is 13.2 Å². The smallest absolute Gasteiger partial charge is 0.422 e. The number of carbonyl (C=O) groups excluding carboxylic acids is 1. The van der Waals surface area contributed by atoms with Gasteiger partial charge in [-0.15, -0.1) is 0 Å². The number of nitrogens with one attached hydrogen (secondary N) is 1. The molecule has 2 aromatic heterocycles. The summed E-state index contributed by atoms with van der Waals surface area (Å²) < 4.78 is 48.7. The standard InChI is InChI=1S/C22H25F3N4O5/c1-3-5-11-29-18-17(19(31)27-20(29)32)28(4-2)15(26-18)13-34-16(30)12-21(33,22(23,24)25)14-9-7-6-8-10-14/h6-10,33H,3-5,11-13H2,1-2H3,(H,27,31,32). The van der Waals surface area contributed by atoms with Crippen LogP contribution in [0.25, 0.3) is 11.2 Å². The van der Waals surface area contributed by atoms with Crippen molar-refractivity contribution in [2.45, 2.75) is 64.6 Å². The Morgan fingerprint density at radius 3 is 2.41 bits per heavy atom. The summed E-state index contributed by atoms with van der Waals surface area (Å²) in [7, 11) is 0. The maximum atomic E-state index is 13.7. The second-order valence-electron chi connectivity index (χ2n) is 7.77. The number of aryl methyl sites for hydroxylation is 2. The quantitative estimate of drug-likeness (QED) is 0.453. The van der Waals surface area contributed by atoms with Crippen molar-refractivity contribution in [1.29, 1.82) is 0 Å². The van der Waals surface area contributed by atoms with Crippen molar-refractivity contribution in [3.05, 3.63) is 62.6 Å². The van der Waals surface area contributed by atoms with Gasteiger partial charge in [-0.3, -0.25) is 19.1 Å². The first-order valence-corrected chi connectivity index (χ1v) is 10.8. The highest BCUT2D eigenvalue weighted by Crippen LogP contribution is 2.41. The molecule has 0 spiro atoms. The number of alkyl halides is 3. The van der Waals surface area contributed by atoms with Crippen LogP contribution < -0.4 is 11.2 Å². The fourth-order valence-electron chi connectivity index (χ4n) is 3.68. The molecule has 0 amide bonds. The number of fused-ring (bicyclic) bond motifs is 1. The van der Waals surface area contributed by atoms with Gasteiger partial charge in [-0.05, 0) is 18.9 Å². The number of imidazole rings is 1. The van der Waals surface area contributed by atoms with Crippen LogP contribution in [0, 0.1) is 0 Å². The van der Waals surface area contributed by atoms with Crippen LogP contribution in [0.2, 0.25) is 0 Å². The Labute approximate surface area is 191 Å². The van der Waals surface area contributed by atoms with E-state index < -0.39 is 47.6 Å². The highest BCUT2D eigenvalue weighted by Gasteiger charge is 2.56. The van der Waals surface area contributed by atoms with Crippen LogP contribution in [0.3, 0.4) is 0 Å². The number of halogens is 3. The van der Waals surface area contributed by atoms with Gasteiger partial charge in [-0.1, -0.05) is 43.7 Å². The number of benzene rings is 1. The van der Waals surface area contributed by atoms with Crippen molar-refractivity contribution in [3.8, 4) is 0 Å². The first-order chi connectivity index (χ1) is 16.0. The normalized spacial score (nSPS) is 13.7. The molecular weight excluding hydrogens is 457 g/mol. The molecule has 0 radical (unpaired) electrons. The molecule has 0 aliphatic heterocycles. The Kier molecular flexibility index (Phi) is 7.29. The summed E-state index contributed by atoms with van der Waals surface area (Å²) in [6.07, 6.45) is -5.06. The summed E-state index contributed by atoms with van der Waals surface area (Å²) in [5.41, 5.74) is -5.03. The first-order valence-electron chi connectivity index (χ1n) is 10.8. The Balaban J connectivity index is 1.90. The van der Waals surface area contributed by atoms with E-state index in [2.05, 4.69) is 9.97 Å². The molecule has 3 rings (SSSR count). The molecule has 184 valence electrons. The van der Waals surface area contributed by atoms with E-state index in [1.165, 1.54) is 27.3 Å². The van der Waals surface area contributed by atoms with E-state index in [1.54, 1.807) is 6.92 Å². The minimum atomic E-state index is -5.13. The van der Waals surface area contributed by atoms with Gasteiger partial charge in [-0.25, -0.2) is 9.78 Å². The third kappa shape index (κ3) is 4.76. The van der Waals surface area contributed by atoms with Crippen LogP contribution >= 0.6 is 0 Å². The van der Waals surface area contributed by atoms with Crippen molar-refractivity contribution in [2.75, 3.05) is 0 Å². The predicted molar refractivity (Wildman–Crippen MR) is 116 cm³/mol. The Bertz CT molecular complexity index is 1280. The number of aromatic nitrogens is 4. The summed E-state index contributed by atoms with van der Waals surface area (Å²) in [5.74, 6) is -1.22. The minimum absolute atomic E-state index is 0.0856. The van der Waals surface area contributed by atoms with E-state index >= 15 is 0 Å². The van der Waals surface area contributed by atoms with Crippen LogP contribution in [0.5, 0.6) is 0 Å². The lowest BCUT2D eigenvalue weighted by Gasteiger charge is -2.30. The van der Waals surface area contributed by atoms with Crippen molar-refractivity contribution >= 4 is 17.1 Å². The van der Waals surface area contributed by atoms with Gasteiger partial charge in [0.1, 0.15) is 12.4 Å². The molecule has 0 aliphatic carbocycles. The van der Waals surface area contributed by atoms with E-state index in [4.69, 9.17) is 4.74 Å². The van der Waals surface area contributed by atoms with Gasteiger partial charge in [0.2, 0.25) is 0 Å². The highest BCUT2D eigenvalue weighted by molar-refractivity contribution is 5.72. The molecule has 34 heavy (non-hydrogen) atoms. The number of H-pyrrole nitrogens is 1. The summed E-state index contributed by atoms with van der Waals surface area (Å²) in [5, 5.41) is 10.4. The van der Waals surface area contributed by atoms with Gasteiger partial charge in [0.05, 0.1) is 6.42 Å². The molecule has 0 bridgehead atoms. The maximum absolute atomic E-state index is 13.7. The SMILES string of the molecule is CCCCn1c(=O)[nH]c(=O)c2c1nc(COC(=O)CC(O)(c1ccccc1)C(F)(F)F)n2CC. The zero-order valence-corrected chi connectivity index (χ0v) is 18.7. The van der Waals surface area contributed by atoms with Gasteiger partial charge < -0.3 is 14.4 Å². The highest BCUT2D eigenvalue weighted by atomic mass is 19.4. The molecular formula is C22H25F3N4O5. The maximum Gasteiger partial charge on any atom is 0.422 e. The summed E-state index contributed by atoms with van der Waals surface area (Å²) in [6, 6.07) is 6.25. The number of ether oxygens (including phenoxy) is 1. The van der Waals surface area contributed by atoms with Crippen molar-refractivity contribution in [1.82, 2.24) is 19.1 Å². The van der Waals surface area contributed by atoms with E-state index in [9.17, 15) is 32.7 Å². The average molecular weight is 482 g/mol. The van der Waals surface area contributed by atoms with Crippen LogP contribution in [-0.4, -0.2) is 36.4 Å². The van der Waals surface area contributed by atoms with Gasteiger partial charge >= 0.3 is 17.8 Å². The molecule has 1 aromatic carbocycles. The lowest BCUT2D eigenvalue weighted by molar-refractivity contribution is -0.269. The van der Waals surface area contributed by atoms with Gasteiger partial charge in [0.25, 0.3) is 5.56 Å². The average Bonchev–Trinajstić information content (AvgIpc) is 3.16. The number of hydrogen-bond donors (Lipinski definition) is 2. The molecule has 1 unspecified atom stereocenters. The molecule has 2 N–H and O–H groups in total. The number of aliphatic hydroxyl groups is 1. The second-order valence-corrected chi connectivity index (χ2v) is 7.77. The summed E-state index contributed by atoms with van der Waals surface area (Å²) in [6.45, 7) is 3.62. The fourth-order valence-corrected chi connectivity index (χ4v) is 3.68. The third-order valence-corrected chi connectivity index (χ3v) is 5.50.